The third kappa shape index (κ3) is 4.53. The number of nitrogens with two attached hydrogens (primary N) is 2. The van der Waals surface area contributed by atoms with Crippen molar-refractivity contribution in [2.45, 2.75) is 11.4 Å². The third-order valence-corrected chi connectivity index (χ3v) is 5.83. The standard InChI is InChI=1S/C23H21N5O3S/c24-23(29)27(16-17-7-3-1-4-8-17)22-15-21(18-9-5-2-6-10-18)28(26-22)19-11-13-20(14-12-19)32(25,30)31/h1-15H,16H2,(H2,24,29)(H2,25,30,31). The Morgan fingerprint density at radius 1 is 0.906 bits per heavy atom. The number of amides is 2. The first-order valence-corrected chi connectivity index (χ1v) is 11.3. The molecule has 0 aliphatic carbocycles. The maximum Gasteiger partial charge on any atom is 0.320 e. The number of carbonyl (C=O) groups is 1. The van der Waals surface area contributed by atoms with E-state index >= 15 is 0 Å². The molecule has 4 N–H and O–H groups in total. The summed E-state index contributed by atoms with van der Waals surface area (Å²) in [6, 6.07) is 26.2. The normalized spacial score (nSPS) is 11.3. The smallest absolute Gasteiger partial charge is 0.320 e. The maximum atomic E-state index is 12.3. The van der Waals surface area contributed by atoms with Crippen molar-refractivity contribution in [2.75, 3.05) is 4.90 Å². The fourth-order valence-electron chi connectivity index (χ4n) is 3.33. The molecule has 0 saturated heterocycles. The van der Waals surface area contributed by atoms with E-state index in [1.54, 1.807) is 22.9 Å². The summed E-state index contributed by atoms with van der Waals surface area (Å²) in [5.74, 6) is 0.371. The van der Waals surface area contributed by atoms with Crippen LogP contribution in [-0.2, 0) is 16.6 Å². The Hall–Kier alpha value is -3.95. The first kappa shape index (κ1) is 21.3. The Morgan fingerprint density at radius 3 is 2.06 bits per heavy atom. The van der Waals surface area contributed by atoms with Gasteiger partial charge >= 0.3 is 6.03 Å². The highest BCUT2D eigenvalue weighted by Crippen LogP contribution is 2.28. The quantitative estimate of drug-likeness (QED) is 0.471. The van der Waals surface area contributed by atoms with E-state index in [0.717, 1.165) is 11.1 Å². The number of aromatic nitrogens is 2. The lowest BCUT2D eigenvalue weighted by molar-refractivity contribution is 0.253. The third-order valence-electron chi connectivity index (χ3n) is 4.90. The Balaban J connectivity index is 1.81. The Kier molecular flexibility index (Phi) is 5.76. The number of nitrogens with zero attached hydrogens (tertiary/aromatic N) is 3. The largest absolute Gasteiger partial charge is 0.351 e. The second-order valence-corrected chi connectivity index (χ2v) is 8.68. The van der Waals surface area contributed by atoms with E-state index in [9.17, 15) is 13.2 Å². The zero-order valence-corrected chi connectivity index (χ0v) is 17.8. The molecule has 9 heteroatoms. The molecule has 0 fully saturated rings. The van der Waals surface area contributed by atoms with E-state index in [1.165, 1.54) is 17.0 Å². The molecule has 0 bridgehead atoms. The second kappa shape index (κ2) is 8.66. The molecule has 162 valence electrons. The first-order chi connectivity index (χ1) is 15.3. The number of hydrogen-bond donors (Lipinski definition) is 2. The van der Waals surface area contributed by atoms with Crippen LogP contribution in [0, 0.1) is 0 Å². The van der Waals surface area contributed by atoms with Crippen LogP contribution in [0.25, 0.3) is 16.9 Å². The van der Waals surface area contributed by atoms with Crippen molar-refractivity contribution in [2.24, 2.45) is 10.9 Å². The summed E-state index contributed by atoms with van der Waals surface area (Å²) < 4.78 is 24.9. The van der Waals surface area contributed by atoms with Crippen molar-refractivity contribution in [3.63, 3.8) is 0 Å². The number of rotatable bonds is 6. The summed E-state index contributed by atoms with van der Waals surface area (Å²) >= 11 is 0. The van der Waals surface area contributed by atoms with Gasteiger partial charge in [-0.2, -0.15) is 0 Å². The molecule has 4 rings (SSSR count). The lowest BCUT2D eigenvalue weighted by Crippen LogP contribution is -2.35. The van der Waals surface area contributed by atoms with Crippen LogP contribution in [0.4, 0.5) is 10.6 Å². The van der Waals surface area contributed by atoms with Gasteiger partial charge in [-0.25, -0.2) is 23.0 Å². The lowest BCUT2D eigenvalue weighted by Gasteiger charge is -2.17. The molecule has 0 atom stereocenters. The monoisotopic (exact) mass is 447 g/mol. The average Bonchev–Trinajstić information content (AvgIpc) is 3.23. The van der Waals surface area contributed by atoms with Crippen molar-refractivity contribution in [1.82, 2.24) is 9.78 Å². The zero-order valence-electron chi connectivity index (χ0n) is 17.0. The fraction of sp³-hybridized carbons (Fsp3) is 0.0435. The van der Waals surface area contributed by atoms with Crippen molar-refractivity contribution >= 4 is 21.9 Å². The van der Waals surface area contributed by atoms with Gasteiger partial charge in [0.1, 0.15) is 0 Å². The highest BCUT2D eigenvalue weighted by molar-refractivity contribution is 7.89. The van der Waals surface area contributed by atoms with Crippen LogP contribution in [0.5, 0.6) is 0 Å². The van der Waals surface area contributed by atoms with Crippen molar-refractivity contribution in [3.8, 4) is 16.9 Å². The van der Waals surface area contributed by atoms with Crippen LogP contribution in [-0.4, -0.2) is 24.2 Å². The molecule has 8 nitrogen and oxygen atoms in total. The Labute approximate surface area is 185 Å². The zero-order chi connectivity index (χ0) is 22.7. The van der Waals surface area contributed by atoms with E-state index < -0.39 is 16.1 Å². The predicted molar refractivity (Wildman–Crippen MR) is 123 cm³/mol. The van der Waals surface area contributed by atoms with E-state index in [0.29, 0.717) is 17.2 Å². The van der Waals surface area contributed by atoms with Crippen LogP contribution in [0.2, 0.25) is 0 Å². The Morgan fingerprint density at radius 2 is 1.50 bits per heavy atom. The minimum absolute atomic E-state index is 0.00210. The summed E-state index contributed by atoms with van der Waals surface area (Å²) in [5, 5.41) is 9.84. The summed E-state index contributed by atoms with van der Waals surface area (Å²) in [6.07, 6.45) is 0. The summed E-state index contributed by atoms with van der Waals surface area (Å²) in [6.45, 7) is 0.256. The van der Waals surface area contributed by atoms with Gasteiger partial charge in [0.15, 0.2) is 5.82 Å². The van der Waals surface area contributed by atoms with Crippen molar-refractivity contribution < 1.29 is 13.2 Å². The van der Waals surface area contributed by atoms with Gasteiger partial charge in [0.05, 0.1) is 22.8 Å². The molecule has 0 aliphatic rings. The van der Waals surface area contributed by atoms with Gasteiger partial charge in [-0.1, -0.05) is 60.7 Å². The maximum absolute atomic E-state index is 12.3. The SMILES string of the molecule is NC(=O)N(Cc1ccccc1)c1cc(-c2ccccc2)n(-c2ccc(S(N)(=O)=O)cc2)n1. The predicted octanol–water partition coefficient (Wildman–Crippen LogP) is 3.27. The van der Waals surface area contributed by atoms with E-state index in [-0.39, 0.29) is 11.4 Å². The van der Waals surface area contributed by atoms with E-state index in [2.05, 4.69) is 5.10 Å². The molecule has 3 aromatic carbocycles. The van der Waals surface area contributed by atoms with Gasteiger partial charge in [-0.05, 0) is 29.8 Å². The van der Waals surface area contributed by atoms with Crippen LogP contribution >= 0.6 is 0 Å². The minimum Gasteiger partial charge on any atom is -0.351 e. The van der Waals surface area contributed by atoms with Crippen LogP contribution in [0.3, 0.4) is 0 Å². The number of benzene rings is 3. The number of sulfonamides is 1. The molecular weight excluding hydrogens is 426 g/mol. The van der Waals surface area contributed by atoms with Gasteiger partial charge in [0.2, 0.25) is 10.0 Å². The van der Waals surface area contributed by atoms with Gasteiger partial charge < -0.3 is 5.73 Å². The number of urea groups is 1. The molecule has 1 aromatic heterocycles. The lowest BCUT2D eigenvalue weighted by atomic mass is 10.1. The summed E-state index contributed by atoms with van der Waals surface area (Å²) in [4.78, 5) is 13.7. The molecular formula is C23H21N5O3S. The number of hydrogen-bond acceptors (Lipinski definition) is 4. The number of carbonyl (C=O) groups excluding carboxylic acids is 1. The van der Waals surface area contributed by atoms with Gasteiger partial charge in [0, 0.05) is 11.6 Å². The topological polar surface area (TPSA) is 124 Å². The fourth-order valence-corrected chi connectivity index (χ4v) is 3.84. The van der Waals surface area contributed by atoms with Crippen LogP contribution in [0.15, 0.2) is 95.9 Å². The highest BCUT2D eigenvalue weighted by Gasteiger charge is 2.20. The average molecular weight is 448 g/mol. The molecule has 0 radical (unpaired) electrons. The van der Waals surface area contributed by atoms with Gasteiger partial charge in [0.25, 0.3) is 0 Å². The summed E-state index contributed by atoms with van der Waals surface area (Å²) in [7, 11) is -3.82. The molecule has 2 amide bonds. The molecule has 0 spiro atoms. The minimum atomic E-state index is -3.82. The second-order valence-electron chi connectivity index (χ2n) is 7.11. The highest BCUT2D eigenvalue weighted by atomic mass is 32.2. The van der Waals surface area contributed by atoms with Gasteiger partial charge in [-0.15, -0.1) is 5.10 Å². The van der Waals surface area contributed by atoms with E-state index in [4.69, 9.17) is 10.9 Å². The summed E-state index contributed by atoms with van der Waals surface area (Å²) in [5.41, 5.74) is 8.76. The molecule has 32 heavy (non-hydrogen) atoms. The molecule has 0 unspecified atom stereocenters. The first-order valence-electron chi connectivity index (χ1n) is 9.72. The number of primary sulfonamides is 1. The van der Waals surface area contributed by atoms with Crippen molar-refractivity contribution in [3.05, 3.63) is 96.6 Å². The molecule has 0 saturated carbocycles. The van der Waals surface area contributed by atoms with Crippen LogP contribution < -0.4 is 15.8 Å². The number of primary amides is 1. The van der Waals surface area contributed by atoms with E-state index in [1.807, 2.05) is 60.7 Å². The molecule has 4 aromatic rings. The molecule has 1 heterocycles. The van der Waals surface area contributed by atoms with Gasteiger partial charge in [-0.3, -0.25) is 4.90 Å². The Bertz CT molecular complexity index is 1340. The van der Waals surface area contributed by atoms with Crippen LogP contribution in [0.1, 0.15) is 5.56 Å². The molecule has 0 aliphatic heterocycles. The van der Waals surface area contributed by atoms with Crippen molar-refractivity contribution in [1.29, 1.82) is 0 Å². The number of anilines is 1.